The average Bonchev–Trinajstić information content (AvgIpc) is 3.11. The Bertz CT molecular complexity index is 2140. The minimum Gasteiger partial charge on any atom is -0.504 e. The molecule has 3 aliphatic heterocycles. The normalized spacial score (nSPS) is 22.3. The molecule has 13 heteroatoms. The van der Waals surface area contributed by atoms with Gasteiger partial charge >= 0.3 is 0 Å². The fraction of sp³-hybridized carbons (Fsp3) is 0.395. The van der Waals surface area contributed by atoms with Gasteiger partial charge in [-0.1, -0.05) is 17.7 Å². The van der Waals surface area contributed by atoms with E-state index in [2.05, 4.69) is 26.2 Å². The van der Waals surface area contributed by atoms with Gasteiger partial charge in [-0.3, -0.25) is 14.6 Å². The summed E-state index contributed by atoms with van der Waals surface area (Å²) in [5, 5.41) is 39.1. The minimum atomic E-state index is -0.702. The molecule has 7 rings (SSSR count). The number of phenols is 2. The molecule has 1 fully saturated rings. The van der Waals surface area contributed by atoms with E-state index in [0.717, 1.165) is 16.5 Å². The first-order chi connectivity index (χ1) is 24.5. The number of piperazine rings is 1. The van der Waals surface area contributed by atoms with Gasteiger partial charge in [-0.2, -0.15) is 5.26 Å². The average molecular weight is 714 g/mol. The summed E-state index contributed by atoms with van der Waals surface area (Å²) in [6.07, 6.45) is 0.766. The molecule has 0 unspecified atom stereocenters. The van der Waals surface area contributed by atoms with Gasteiger partial charge in [0.1, 0.15) is 23.2 Å². The van der Waals surface area contributed by atoms with Crippen LogP contribution < -0.4 is 24.3 Å². The second kappa shape index (κ2) is 13.0. The Kier molecular flexibility index (Phi) is 8.78. The second-order valence-electron chi connectivity index (χ2n) is 13.3. The number of halogens is 1. The summed E-state index contributed by atoms with van der Waals surface area (Å²) in [5.41, 5.74) is 4.88. The number of hydrogen-bond acceptors (Lipinski definition) is 11. The summed E-state index contributed by atoms with van der Waals surface area (Å²) in [5.74, 6) is 1.27. The molecule has 266 valence electrons. The number of rotatable bonds is 7. The number of benzene rings is 3. The van der Waals surface area contributed by atoms with Crippen molar-refractivity contribution in [2.24, 2.45) is 0 Å². The molecule has 3 N–H and O–H groups in total. The molecular weight excluding hydrogens is 674 g/mol. The van der Waals surface area contributed by atoms with Gasteiger partial charge in [-0.25, -0.2) is 4.98 Å². The van der Waals surface area contributed by atoms with Crippen LogP contribution in [0, 0.1) is 25.2 Å². The fourth-order valence-electron chi connectivity index (χ4n) is 8.92. The number of carbonyl (C=O) groups is 1. The number of nitriles is 1. The number of amides is 1. The number of nitrogens with zero attached hydrogens (tertiary/aromatic N) is 4. The molecule has 1 saturated heterocycles. The summed E-state index contributed by atoms with van der Waals surface area (Å²) < 4.78 is 23.3. The van der Waals surface area contributed by atoms with Crippen molar-refractivity contribution in [3.63, 3.8) is 0 Å². The van der Waals surface area contributed by atoms with Crippen LogP contribution in [0.3, 0.4) is 0 Å². The van der Waals surface area contributed by atoms with E-state index in [1.807, 2.05) is 20.9 Å². The van der Waals surface area contributed by atoms with Crippen LogP contribution in [0.5, 0.6) is 34.5 Å². The van der Waals surface area contributed by atoms with Crippen molar-refractivity contribution in [2.45, 2.75) is 56.9 Å². The van der Waals surface area contributed by atoms with Crippen LogP contribution in [0.1, 0.15) is 56.0 Å². The van der Waals surface area contributed by atoms with Gasteiger partial charge in [0.2, 0.25) is 0 Å². The zero-order valence-corrected chi connectivity index (χ0v) is 30.3. The summed E-state index contributed by atoms with van der Waals surface area (Å²) in [4.78, 5) is 22.6. The van der Waals surface area contributed by atoms with Crippen molar-refractivity contribution in [3.05, 3.63) is 74.4 Å². The topological polar surface area (TPSA) is 150 Å². The Balaban J connectivity index is 1.40. The first-order valence-electron chi connectivity index (χ1n) is 16.7. The van der Waals surface area contributed by atoms with Crippen molar-refractivity contribution >= 4 is 28.4 Å². The van der Waals surface area contributed by atoms with E-state index >= 15 is 0 Å². The molecule has 0 spiro atoms. The second-order valence-corrected chi connectivity index (χ2v) is 13.7. The lowest BCUT2D eigenvalue weighted by atomic mass is 9.71. The Morgan fingerprint density at radius 2 is 1.51 bits per heavy atom. The highest BCUT2D eigenvalue weighted by atomic mass is 35.5. The molecule has 5 atom stereocenters. The van der Waals surface area contributed by atoms with Crippen LogP contribution in [0.2, 0.25) is 5.02 Å². The van der Waals surface area contributed by atoms with Crippen molar-refractivity contribution < 1.29 is 34.0 Å². The third-order valence-corrected chi connectivity index (χ3v) is 11.2. The molecule has 0 radical (unpaired) electrons. The smallest absolute Gasteiger partial charge is 0.269 e. The number of aromatic hydroxyl groups is 2. The molecular formula is C38H40ClN5O7. The van der Waals surface area contributed by atoms with Crippen molar-refractivity contribution in [3.8, 4) is 40.6 Å². The molecule has 2 bridgehead atoms. The monoisotopic (exact) mass is 713 g/mol. The molecule has 51 heavy (non-hydrogen) atoms. The lowest BCUT2D eigenvalue weighted by Crippen LogP contribution is -2.68. The lowest BCUT2D eigenvalue weighted by Gasteiger charge is -2.60. The van der Waals surface area contributed by atoms with E-state index in [1.165, 1.54) is 14.2 Å². The molecule has 12 nitrogen and oxygen atoms in total. The van der Waals surface area contributed by atoms with Gasteiger partial charge in [0.25, 0.3) is 5.91 Å². The van der Waals surface area contributed by atoms with Crippen molar-refractivity contribution in [1.29, 1.82) is 5.26 Å². The highest BCUT2D eigenvalue weighted by Crippen LogP contribution is 2.58. The molecule has 1 aromatic heterocycles. The van der Waals surface area contributed by atoms with Gasteiger partial charge in [0.15, 0.2) is 23.0 Å². The number of hydrogen-bond donors (Lipinski definition) is 3. The fourth-order valence-corrected chi connectivity index (χ4v) is 9.10. The third kappa shape index (κ3) is 5.09. The lowest BCUT2D eigenvalue weighted by molar-refractivity contribution is -0.0724. The minimum absolute atomic E-state index is 0.0202. The maximum absolute atomic E-state index is 13.8. The first-order valence-corrected chi connectivity index (χ1v) is 17.0. The maximum Gasteiger partial charge on any atom is 0.269 e. The number of nitrogens with one attached hydrogen (secondary N) is 1. The SMILES string of the molecule is COc1c(C)c(OC)c2c(c1O)[C@@H]1[C@@H]3Cc4c(OC)c(C)c(OC)c(O)c4[C@H](CNC(=O)c4ccc5cc(Cl)ccc5n4)N3[C@@H](C#N)[C@H](C2)N1C. The van der Waals surface area contributed by atoms with Crippen LogP contribution in [-0.4, -0.2) is 91.1 Å². The quantitative estimate of drug-likeness (QED) is 0.233. The predicted octanol–water partition coefficient (Wildman–Crippen LogP) is 5.15. The maximum atomic E-state index is 13.8. The predicted molar refractivity (Wildman–Crippen MR) is 190 cm³/mol. The van der Waals surface area contributed by atoms with Gasteiger partial charge in [-0.05, 0) is 58.0 Å². The highest BCUT2D eigenvalue weighted by molar-refractivity contribution is 6.31. The van der Waals surface area contributed by atoms with Crippen LogP contribution in [0.4, 0.5) is 0 Å². The van der Waals surface area contributed by atoms with Crippen LogP contribution in [-0.2, 0) is 12.8 Å². The summed E-state index contributed by atoms with van der Waals surface area (Å²) in [6.45, 7) is 3.69. The third-order valence-electron chi connectivity index (χ3n) is 11.0. The first kappa shape index (κ1) is 34.5. The van der Waals surface area contributed by atoms with Crippen LogP contribution >= 0.6 is 11.6 Å². The number of phenolic OH excluding ortho intramolecular Hbond substituents is 2. The standard InChI is InChI=1S/C38H40ClN5O7/c1-17-34(48-4)21-14-26-31-30-22(35(49-5)18(2)37(51-7)33(30)46)13-25(43(31)3)27(15-40)44(26)28(29(21)32(45)36(17)50-6)16-41-38(47)24-10-8-19-12-20(39)9-11-23(19)42-24/h8-12,25-28,31,45-46H,13-14,16H2,1-7H3,(H,41,47)/t25-,26-,27-,28-,31-/m0/s1. The van der Waals surface area contributed by atoms with Crippen LogP contribution in [0.15, 0.2) is 30.3 Å². The molecule has 0 saturated carbocycles. The number of pyridine rings is 1. The zero-order valence-electron chi connectivity index (χ0n) is 29.5. The number of likely N-dealkylation sites (N-methyl/N-ethyl adjacent to an activating group) is 1. The van der Waals surface area contributed by atoms with Crippen molar-refractivity contribution in [2.75, 3.05) is 42.0 Å². The Hall–Kier alpha value is -4.96. The largest absolute Gasteiger partial charge is 0.504 e. The van der Waals surface area contributed by atoms with E-state index in [4.69, 9.17) is 30.5 Å². The van der Waals surface area contributed by atoms with E-state index in [-0.39, 0.29) is 35.5 Å². The summed E-state index contributed by atoms with van der Waals surface area (Å²) in [7, 11) is 8.14. The Morgan fingerprint density at radius 1 is 0.922 bits per heavy atom. The number of methoxy groups -OCH3 is 4. The van der Waals surface area contributed by atoms with Crippen LogP contribution in [0.25, 0.3) is 10.9 Å². The van der Waals surface area contributed by atoms with E-state index in [0.29, 0.717) is 62.9 Å². The Labute approximate surface area is 301 Å². The molecule has 4 heterocycles. The van der Waals surface area contributed by atoms with E-state index in [9.17, 15) is 20.3 Å². The Morgan fingerprint density at radius 3 is 2.12 bits per heavy atom. The molecule has 3 aliphatic rings. The van der Waals surface area contributed by atoms with Gasteiger partial charge in [0.05, 0.1) is 52.1 Å². The molecule has 0 aliphatic carbocycles. The van der Waals surface area contributed by atoms with E-state index in [1.54, 1.807) is 44.6 Å². The zero-order chi connectivity index (χ0) is 36.5. The number of fused-ring (bicyclic) bond motifs is 8. The molecule has 3 aromatic carbocycles. The summed E-state index contributed by atoms with van der Waals surface area (Å²) in [6, 6.07) is 8.71. The number of ether oxygens (including phenoxy) is 4. The number of carbonyl (C=O) groups excluding carboxylic acids is 1. The van der Waals surface area contributed by atoms with Gasteiger partial charge in [0, 0.05) is 62.4 Å². The highest BCUT2D eigenvalue weighted by Gasteiger charge is 2.57. The summed E-state index contributed by atoms with van der Waals surface area (Å²) >= 11 is 6.16. The molecule has 4 aromatic rings. The van der Waals surface area contributed by atoms with Gasteiger partial charge in [-0.15, -0.1) is 0 Å². The van der Waals surface area contributed by atoms with Gasteiger partial charge < -0.3 is 34.5 Å². The molecule has 1 amide bonds. The number of aromatic nitrogens is 1. The van der Waals surface area contributed by atoms with Crippen molar-refractivity contribution in [1.82, 2.24) is 20.1 Å². The van der Waals surface area contributed by atoms with E-state index < -0.39 is 30.1 Å².